The molecule has 0 aromatic heterocycles. The van der Waals surface area contributed by atoms with E-state index in [0.29, 0.717) is 6.42 Å². The Morgan fingerprint density at radius 3 is 2.62 bits per heavy atom. The summed E-state index contributed by atoms with van der Waals surface area (Å²) >= 11 is 0. The van der Waals surface area contributed by atoms with Crippen molar-refractivity contribution in [2.45, 2.75) is 6.42 Å². The summed E-state index contributed by atoms with van der Waals surface area (Å²) in [6, 6.07) is 9.77. The Hall–Kier alpha value is -1.91. The zero-order chi connectivity index (χ0) is 15.7. The summed E-state index contributed by atoms with van der Waals surface area (Å²) in [5.41, 5.74) is 1.03. The third-order valence-electron chi connectivity index (χ3n) is 3.39. The molecular formula is C17H23NO3. The van der Waals surface area contributed by atoms with Crippen LogP contribution in [0.1, 0.15) is 12.0 Å². The van der Waals surface area contributed by atoms with Gasteiger partial charge in [0.05, 0.1) is 19.6 Å². The normalized spacial score (nSPS) is 13.9. The third-order valence-corrected chi connectivity index (χ3v) is 3.39. The number of hydrogen-bond acceptors (Lipinski definition) is 3. The molecule has 21 heavy (non-hydrogen) atoms. The minimum atomic E-state index is -0.391. The average molecular weight is 289 g/mol. The molecule has 0 saturated heterocycles. The number of amides is 1. The minimum Gasteiger partial charge on any atom is -0.396 e. The second kappa shape index (κ2) is 9.10. The minimum absolute atomic E-state index is 0.106. The molecule has 1 aromatic carbocycles. The number of carbonyl (C=O) groups excluding carboxylic acids is 1. The zero-order valence-electron chi connectivity index (χ0n) is 12.6. The molecular weight excluding hydrogens is 266 g/mol. The lowest BCUT2D eigenvalue weighted by Gasteiger charge is -2.25. The Balaban J connectivity index is 2.89. The van der Waals surface area contributed by atoms with E-state index in [1.54, 1.807) is 13.1 Å². The molecule has 0 aliphatic heterocycles. The first-order valence-electron chi connectivity index (χ1n) is 6.90. The molecule has 4 heteroatoms. The van der Waals surface area contributed by atoms with E-state index in [9.17, 15) is 9.90 Å². The van der Waals surface area contributed by atoms with Crippen LogP contribution in [0.5, 0.6) is 0 Å². The predicted octanol–water partition coefficient (Wildman–Crippen LogP) is 2.52. The van der Waals surface area contributed by atoms with Crippen molar-refractivity contribution in [3.8, 4) is 0 Å². The number of benzene rings is 1. The van der Waals surface area contributed by atoms with Crippen molar-refractivity contribution in [2.75, 3.05) is 20.8 Å². The maximum Gasteiger partial charge on any atom is 0.249 e. The molecule has 114 valence electrons. The van der Waals surface area contributed by atoms with E-state index in [2.05, 4.69) is 6.58 Å². The quantitative estimate of drug-likeness (QED) is 0.591. The van der Waals surface area contributed by atoms with E-state index < -0.39 is 5.92 Å². The number of carbonyl (C=O) groups is 1. The molecule has 0 radical (unpaired) electrons. The molecule has 1 amide bonds. The van der Waals surface area contributed by atoms with Crippen molar-refractivity contribution < 1.29 is 14.7 Å². The van der Waals surface area contributed by atoms with Gasteiger partial charge < -0.3 is 5.11 Å². The van der Waals surface area contributed by atoms with Gasteiger partial charge in [0.15, 0.2) is 0 Å². The molecule has 0 aliphatic rings. The lowest BCUT2D eigenvalue weighted by molar-refractivity contribution is -0.175. The van der Waals surface area contributed by atoms with Gasteiger partial charge in [0.1, 0.15) is 0 Å². The lowest BCUT2D eigenvalue weighted by atomic mass is 9.88. The summed E-state index contributed by atoms with van der Waals surface area (Å²) < 4.78 is 0. The van der Waals surface area contributed by atoms with Crippen LogP contribution in [-0.4, -0.2) is 36.8 Å². The molecule has 0 unspecified atom stereocenters. The maximum atomic E-state index is 12.3. The Bertz CT molecular complexity index is 470. The zero-order valence-corrected chi connectivity index (χ0v) is 12.6. The number of allylic oxidation sites excluding steroid dienone is 1. The monoisotopic (exact) mass is 289 g/mol. The molecule has 0 saturated carbocycles. The summed E-state index contributed by atoms with van der Waals surface area (Å²) in [5, 5.41) is 10.8. The van der Waals surface area contributed by atoms with Gasteiger partial charge in [-0.15, -0.1) is 6.58 Å². The highest BCUT2D eigenvalue weighted by atomic mass is 16.7. The molecule has 1 N–H and O–H groups in total. The summed E-state index contributed by atoms with van der Waals surface area (Å²) in [7, 11) is 3.00. The van der Waals surface area contributed by atoms with Crippen LogP contribution in [0.4, 0.5) is 0 Å². The number of aliphatic hydroxyl groups excluding tert-OH is 1. The van der Waals surface area contributed by atoms with Crippen molar-refractivity contribution in [3.63, 3.8) is 0 Å². The van der Waals surface area contributed by atoms with Crippen LogP contribution in [0.3, 0.4) is 0 Å². The number of rotatable bonds is 8. The van der Waals surface area contributed by atoms with E-state index in [4.69, 9.17) is 4.84 Å². The Morgan fingerprint density at radius 2 is 2.10 bits per heavy atom. The summed E-state index contributed by atoms with van der Waals surface area (Å²) in [5.74, 6) is -0.847. The Kier molecular flexibility index (Phi) is 7.43. The predicted molar refractivity (Wildman–Crippen MR) is 84.1 cm³/mol. The largest absolute Gasteiger partial charge is 0.396 e. The molecule has 1 aromatic rings. The highest BCUT2D eigenvalue weighted by molar-refractivity contribution is 5.78. The molecule has 4 nitrogen and oxygen atoms in total. The van der Waals surface area contributed by atoms with Gasteiger partial charge in [-0.2, -0.15) is 0 Å². The third kappa shape index (κ3) is 5.17. The van der Waals surface area contributed by atoms with Crippen LogP contribution < -0.4 is 0 Å². The van der Waals surface area contributed by atoms with Crippen LogP contribution in [0.2, 0.25) is 0 Å². The molecule has 1 rings (SSSR count). The summed E-state index contributed by atoms with van der Waals surface area (Å²) in [6.45, 7) is 3.58. The first-order valence-corrected chi connectivity index (χ1v) is 6.90. The van der Waals surface area contributed by atoms with Crippen molar-refractivity contribution in [3.05, 3.63) is 54.6 Å². The number of hydroxylamine groups is 2. The Labute approximate surface area is 126 Å². The van der Waals surface area contributed by atoms with Gasteiger partial charge in [0, 0.05) is 13.0 Å². The molecule has 0 spiro atoms. The van der Waals surface area contributed by atoms with E-state index in [1.807, 2.05) is 42.5 Å². The van der Waals surface area contributed by atoms with Crippen molar-refractivity contribution >= 4 is 12.0 Å². The second-order valence-electron chi connectivity index (χ2n) is 4.77. The topological polar surface area (TPSA) is 49.8 Å². The summed E-state index contributed by atoms with van der Waals surface area (Å²) in [6.07, 6.45) is 5.95. The number of hydrogen-bond donors (Lipinski definition) is 1. The average Bonchev–Trinajstić information content (AvgIpc) is 2.53. The van der Waals surface area contributed by atoms with E-state index >= 15 is 0 Å². The van der Waals surface area contributed by atoms with Crippen LogP contribution in [0.25, 0.3) is 6.08 Å². The summed E-state index contributed by atoms with van der Waals surface area (Å²) in [4.78, 5) is 17.2. The van der Waals surface area contributed by atoms with E-state index in [-0.39, 0.29) is 18.4 Å². The Morgan fingerprint density at radius 1 is 1.43 bits per heavy atom. The van der Waals surface area contributed by atoms with Gasteiger partial charge in [-0.25, -0.2) is 5.06 Å². The first kappa shape index (κ1) is 17.1. The fraction of sp³-hybridized carbons (Fsp3) is 0.353. The van der Waals surface area contributed by atoms with Gasteiger partial charge in [-0.3, -0.25) is 9.63 Å². The molecule has 0 aliphatic carbocycles. The van der Waals surface area contributed by atoms with Gasteiger partial charge in [0.2, 0.25) is 5.91 Å². The molecule has 2 atom stereocenters. The maximum absolute atomic E-state index is 12.3. The van der Waals surface area contributed by atoms with Crippen molar-refractivity contribution in [2.24, 2.45) is 11.8 Å². The molecule has 0 heterocycles. The smallest absolute Gasteiger partial charge is 0.249 e. The van der Waals surface area contributed by atoms with Crippen molar-refractivity contribution in [1.82, 2.24) is 5.06 Å². The highest BCUT2D eigenvalue weighted by Crippen LogP contribution is 2.21. The second-order valence-corrected chi connectivity index (χ2v) is 4.77. The van der Waals surface area contributed by atoms with Crippen LogP contribution in [-0.2, 0) is 9.63 Å². The standard InChI is InChI=1S/C17H23NO3/c1-4-8-16(17(20)18(2)21-3)15(13-19)12-11-14-9-6-5-7-10-14/h4-7,9-12,15-16,19H,1,8,13H2,2-3H3/b12-11+/t15-,16+/m0/s1. The van der Waals surface area contributed by atoms with Crippen molar-refractivity contribution in [1.29, 1.82) is 0 Å². The van der Waals surface area contributed by atoms with Gasteiger partial charge >= 0.3 is 0 Å². The van der Waals surface area contributed by atoms with Crippen LogP contribution in [0.15, 0.2) is 49.1 Å². The number of nitrogens with zero attached hydrogens (tertiary/aromatic N) is 1. The molecule has 0 bridgehead atoms. The fourth-order valence-electron chi connectivity index (χ4n) is 2.08. The van der Waals surface area contributed by atoms with Gasteiger partial charge in [-0.1, -0.05) is 48.6 Å². The fourth-order valence-corrected chi connectivity index (χ4v) is 2.08. The molecule has 0 fully saturated rings. The van der Waals surface area contributed by atoms with Gasteiger partial charge in [-0.05, 0) is 12.0 Å². The highest BCUT2D eigenvalue weighted by Gasteiger charge is 2.27. The van der Waals surface area contributed by atoms with Crippen LogP contribution in [0, 0.1) is 11.8 Å². The first-order chi connectivity index (χ1) is 10.1. The lowest BCUT2D eigenvalue weighted by Crippen LogP contribution is -2.36. The SMILES string of the molecule is C=CC[C@@H](C(=O)N(C)OC)[C@@H](/C=C/c1ccccc1)CO. The van der Waals surface area contributed by atoms with E-state index in [0.717, 1.165) is 5.56 Å². The van der Waals surface area contributed by atoms with Gasteiger partial charge in [0.25, 0.3) is 0 Å². The van der Waals surface area contributed by atoms with E-state index in [1.165, 1.54) is 12.2 Å². The number of aliphatic hydroxyl groups is 1. The van der Waals surface area contributed by atoms with Crippen LogP contribution >= 0.6 is 0 Å².